The molecule has 2 aliphatic rings. The normalized spacial score (nSPS) is 25.2. The van der Waals surface area contributed by atoms with Gasteiger partial charge in [-0.25, -0.2) is 4.98 Å². The zero-order valence-corrected chi connectivity index (χ0v) is 16.8. The molecular formula is C19H32N4OS. The van der Waals surface area contributed by atoms with E-state index in [1.807, 2.05) is 7.05 Å². The third kappa shape index (κ3) is 3.85. The number of nitrogens with zero attached hydrogens (tertiary/aromatic N) is 2. The number of nitrogens with one attached hydrogen (secondary N) is 2. The van der Waals surface area contributed by atoms with Gasteiger partial charge in [0, 0.05) is 43.0 Å². The average Bonchev–Trinajstić information content (AvgIpc) is 3.22. The van der Waals surface area contributed by atoms with Gasteiger partial charge in [0.25, 0.3) is 0 Å². The molecule has 1 heterocycles. The molecule has 0 bridgehead atoms. The third-order valence-electron chi connectivity index (χ3n) is 5.93. The highest BCUT2D eigenvalue weighted by Gasteiger charge is 2.56. The number of guanidine groups is 1. The first-order valence-corrected chi connectivity index (χ1v) is 10.4. The molecule has 2 fully saturated rings. The molecule has 25 heavy (non-hydrogen) atoms. The minimum Gasteiger partial charge on any atom is -0.378 e. The van der Waals surface area contributed by atoms with Crippen molar-refractivity contribution < 1.29 is 4.74 Å². The van der Waals surface area contributed by atoms with Crippen LogP contribution in [-0.2, 0) is 11.2 Å². The smallest absolute Gasteiger partial charge is 0.191 e. The van der Waals surface area contributed by atoms with Crippen LogP contribution in [-0.4, -0.2) is 43.3 Å². The van der Waals surface area contributed by atoms with E-state index in [4.69, 9.17) is 4.74 Å². The maximum Gasteiger partial charge on any atom is 0.191 e. The molecule has 1 aromatic rings. The van der Waals surface area contributed by atoms with Crippen LogP contribution in [0.15, 0.2) is 4.99 Å². The Morgan fingerprint density at radius 3 is 2.72 bits per heavy atom. The fourth-order valence-electron chi connectivity index (χ4n) is 4.38. The van der Waals surface area contributed by atoms with E-state index in [2.05, 4.69) is 41.4 Å². The summed E-state index contributed by atoms with van der Waals surface area (Å²) in [6, 6.07) is 0.488. The van der Waals surface area contributed by atoms with Crippen LogP contribution in [0.4, 0.5) is 0 Å². The van der Waals surface area contributed by atoms with Crippen molar-refractivity contribution in [2.45, 2.75) is 71.4 Å². The Morgan fingerprint density at radius 1 is 1.36 bits per heavy atom. The Labute approximate surface area is 155 Å². The van der Waals surface area contributed by atoms with Crippen molar-refractivity contribution in [3.05, 3.63) is 15.6 Å². The fourth-order valence-corrected chi connectivity index (χ4v) is 5.32. The van der Waals surface area contributed by atoms with E-state index in [0.717, 1.165) is 37.6 Å². The molecule has 2 unspecified atom stereocenters. The van der Waals surface area contributed by atoms with Crippen LogP contribution in [0.3, 0.4) is 0 Å². The van der Waals surface area contributed by atoms with E-state index < -0.39 is 0 Å². The van der Waals surface area contributed by atoms with Crippen LogP contribution in [0.5, 0.6) is 0 Å². The third-order valence-corrected chi connectivity index (χ3v) is 7.06. The van der Waals surface area contributed by atoms with Gasteiger partial charge in [-0.15, -0.1) is 11.3 Å². The SMILES string of the molecule is CCOC1CC(NC(=NC)NCCc2nc(C)c(C)s2)C12CCCC2. The minimum atomic E-state index is 0.331. The minimum absolute atomic E-state index is 0.331. The quantitative estimate of drug-likeness (QED) is 0.601. The van der Waals surface area contributed by atoms with Gasteiger partial charge in [-0.2, -0.15) is 0 Å². The predicted octanol–water partition coefficient (Wildman–Crippen LogP) is 3.21. The highest BCUT2D eigenvalue weighted by Crippen LogP contribution is 2.54. The van der Waals surface area contributed by atoms with Gasteiger partial charge in [0.2, 0.25) is 0 Å². The van der Waals surface area contributed by atoms with Gasteiger partial charge in [0.15, 0.2) is 5.96 Å². The Hall–Kier alpha value is -1.14. The van der Waals surface area contributed by atoms with Gasteiger partial charge in [0.05, 0.1) is 16.8 Å². The van der Waals surface area contributed by atoms with Crippen molar-refractivity contribution in [2.24, 2.45) is 10.4 Å². The van der Waals surface area contributed by atoms with Crippen LogP contribution >= 0.6 is 11.3 Å². The van der Waals surface area contributed by atoms with E-state index in [0.29, 0.717) is 17.6 Å². The second kappa shape index (κ2) is 8.04. The molecule has 2 aliphatic carbocycles. The maximum absolute atomic E-state index is 6.01. The number of aliphatic imine (C=N–C) groups is 1. The first-order valence-electron chi connectivity index (χ1n) is 9.60. The largest absolute Gasteiger partial charge is 0.378 e. The lowest BCUT2D eigenvalue weighted by Crippen LogP contribution is -2.65. The highest BCUT2D eigenvalue weighted by atomic mass is 32.1. The molecule has 2 N–H and O–H groups in total. The molecule has 1 aromatic heterocycles. The standard InChI is InChI=1S/C19H32N4OS/c1-5-24-16-12-15(19(16)9-6-7-10-19)23-18(20-4)21-11-8-17-22-13(2)14(3)25-17/h15-16H,5-12H2,1-4H3,(H2,20,21,23). The van der Waals surface area contributed by atoms with Crippen LogP contribution in [0.25, 0.3) is 0 Å². The summed E-state index contributed by atoms with van der Waals surface area (Å²) in [6.45, 7) is 8.00. The van der Waals surface area contributed by atoms with E-state index in [9.17, 15) is 0 Å². The topological polar surface area (TPSA) is 58.5 Å². The molecule has 2 atom stereocenters. The van der Waals surface area contributed by atoms with E-state index >= 15 is 0 Å². The number of aromatic nitrogens is 1. The summed E-state index contributed by atoms with van der Waals surface area (Å²) in [5.41, 5.74) is 1.49. The second-order valence-corrected chi connectivity index (χ2v) is 8.60. The molecule has 0 amide bonds. The van der Waals surface area contributed by atoms with Gasteiger partial charge in [-0.3, -0.25) is 4.99 Å². The van der Waals surface area contributed by atoms with Gasteiger partial charge >= 0.3 is 0 Å². The summed E-state index contributed by atoms with van der Waals surface area (Å²) in [6.07, 6.45) is 7.69. The Kier molecular flexibility index (Phi) is 6.00. The number of aryl methyl sites for hydroxylation is 2. The first kappa shape index (κ1) is 18.6. The van der Waals surface area contributed by atoms with Crippen molar-refractivity contribution in [1.82, 2.24) is 15.6 Å². The molecule has 140 valence electrons. The summed E-state index contributed by atoms with van der Waals surface area (Å²) >= 11 is 1.80. The van der Waals surface area contributed by atoms with Gasteiger partial charge < -0.3 is 15.4 Å². The summed E-state index contributed by atoms with van der Waals surface area (Å²) in [7, 11) is 1.85. The summed E-state index contributed by atoms with van der Waals surface area (Å²) in [5.74, 6) is 0.913. The van der Waals surface area contributed by atoms with Crippen molar-refractivity contribution >= 4 is 17.3 Å². The lowest BCUT2D eigenvalue weighted by Gasteiger charge is -2.54. The second-order valence-electron chi connectivity index (χ2n) is 7.32. The molecular weight excluding hydrogens is 332 g/mol. The number of hydrogen-bond donors (Lipinski definition) is 2. The molecule has 2 saturated carbocycles. The summed E-state index contributed by atoms with van der Waals surface area (Å²) in [4.78, 5) is 10.4. The van der Waals surface area contributed by atoms with Crippen LogP contribution in [0, 0.1) is 19.3 Å². The van der Waals surface area contributed by atoms with Crippen molar-refractivity contribution in [3.8, 4) is 0 Å². The molecule has 6 heteroatoms. The molecule has 3 rings (SSSR count). The zero-order chi connectivity index (χ0) is 17.9. The van der Waals surface area contributed by atoms with Crippen molar-refractivity contribution in [2.75, 3.05) is 20.2 Å². The van der Waals surface area contributed by atoms with Crippen LogP contribution in [0.1, 0.15) is 54.6 Å². The van der Waals surface area contributed by atoms with Crippen molar-refractivity contribution in [1.29, 1.82) is 0 Å². The summed E-state index contributed by atoms with van der Waals surface area (Å²) in [5, 5.41) is 8.33. The zero-order valence-electron chi connectivity index (χ0n) is 16.0. The molecule has 0 radical (unpaired) electrons. The van der Waals surface area contributed by atoms with Crippen LogP contribution < -0.4 is 10.6 Å². The first-order chi connectivity index (χ1) is 12.1. The van der Waals surface area contributed by atoms with Crippen LogP contribution in [0.2, 0.25) is 0 Å². The van der Waals surface area contributed by atoms with E-state index in [1.165, 1.54) is 35.6 Å². The molecule has 0 saturated heterocycles. The Balaban J connectivity index is 1.50. The summed E-state index contributed by atoms with van der Waals surface area (Å²) < 4.78 is 6.01. The van der Waals surface area contributed by atoms with Gasteiger partial charge in [-0.1, -0.05) is 12.8 Å². The fraction of sp³-hybridized carbons (Fsp3) is 0.789. The Morgan fingerprint density at radius 2 is 2.12 bits per heavy atom. The molecule has 0 aromatic carbocycles. The molecule has 0 aliphatic heterocycles. The molecule has 1 spiro atoms. The van der Waals surface area contributed by atoms with E-state index in [1.54, 1.807) is 11.3 Å². The number of hydrogen-bond acceptors (Lipinski definition) is 4. The lowest BCUT2D eigenvalue weighted by molar-refractivity contribution is -0.125. The number of rotatable bonds is 6. The van der Waals surface area contributed by atoms with Gasteiger partial charge in [0.1, 0.15) is 0 Å². The van der Waals surface area contributed by atoms with Gasteiger partial charge in [-0.05, 0) is 40.0 Å². The number of ether oxygens (including phenoxy) is 1. The monoisotopic (exact) mass is 364 g/mol. The predicted molar refractivity (Wildman–Crippen MR) is 105 cm³/mol. The van der Waals surface area contributed by atoms with Crippen molar-refractivity contribution in [3.63, 3.8) is 0 Å². The molecule has 5 nitrogen and oxygen atoms in total. The highest BCUT2D eigenvalue weighted by molar-refractivity contribution is 7.11. The number of thiazole rings is 1. The average molecular weight is 365 g/mol. The van der Waals surface area contributed by atoms with E-state index in [-0.39, 0.29) is 0 Å². The Bertz CT molecular complexity index is 587. The lowest BCUT2D eigenvalue weighted by atomic mass is 9.60. The maximum atomic E-state index is 6.01.